The van der Waals surface area contributed by atoms with E-state index in [1.165, 1.54) is 10.9 Å². The van der Waals surface area contributed by atoms with Gasteiger partial charge >= 0.3 is 0 Å². The lowest BCUT2D eigenvalue weighted by Crippen LogP contribution is -2.27. The Bertz CT molecular complexity index is 1140. The van der Waals surface area contributed by atoms with E-state index < -0.39 is 0 Å². The summed E-state index contributed by atoms with van der Waals surface area (Å²) in [4.78, 5) is 29.3. The Balaban J connectivity index is 1.77. The number of ether oxygens (including phenoxy) is 1. The van der Waals surface area contributed by atoms with Crippen LogP contribution in [0.25, 0.3) is 16.9 Å². The Kier molecular flexibility index (Phi) is 6.45. The summed E-state index contributed by atoms with van der Waals surface area (Å²) in [5.74, 6) is 0.146. The van der Waals surface area contributed by atoms with Gasteiger partial charge in [0.1, 0.15) is 0 Å². The van der Waals surface area contributed by atoms with Crippen molar-refractivity contribution < 1.29 is 9.53 Å². The largest absolute Gasteiger partial charge is 0.382 e. The molecule has 0 saturated carbocycles. The molecule has 0 fully saturated rings. The third kappa shape index (κ3) is 4.47. The van der Waals surface area contributed by atoms with Crippen molar-refractivity contribution in [2.24, 2.45) is 0 Å². The molecule has 1 atom stereocenters. The average Bonchev–Trinajstić information content (AvgIpc) is 3.14. The van der Waals surface area contributed by atoms with Gasteiger partial charge in [0.05, 0.1) is 28.9 Å². The number of nitrogens with one attached hydrogen (secondary N) is 2. The molecule has 30 heavy (non-hydrogen) atoms. The normalized spacial score (nSPS) is 11.7. The molecule has 8 heteroatoms. The van der Waals surface area contributed by atoms with Crippen LogP contribution in [-0.4, -0.2) is 40.4 Å². The van der Waals surface area contributed by atoms with Crippen LogP contribution in [0.2, 0.25) is 0 Å². The first kappa shape index (κ1) is 21.0. The van der Waals surface area contributed by atoms with Crippen molar-refractivity contribution in [3.8, 4) is 23.0 Å². The van der Waals surface area contributed by atoms with Gasteiger partial charge in [0.15, 0.2) is 5.82 Å². The van der Waals surface area contributed by atoms with Crippen LogP contribution in [0.3, 0.4) is 0 Å². The Morgan fingerprint density at radius 3 is 2.77 bits per heavy atom. The minimum Gasteiger partial charge on any atom is -0.382 e. The van der Waals surface area contributed by atoms with Gasteiger partial charge in [-0.1, -0.05) is 6.07 Å². The second-order valence-corrected chi connectivity index (χ2v) is 6.97. The van der Waals surface area contributed by atoms with E-state index in [2.05, 4.69) is 21.5 Å². The van der Waals surface area contributed by atoms with E-state index in [-0.39, 0.29) is 17.6 Å². The number of hydrogen-bond donors (Lipinski definition) is 2. The van der Waals surface area contributed by atoms with Crippen molar-refractivity contribution in [2.75, 3.05) is 13.7 Å². The van der Waals surface area contributed by atoms with Gasteiger partial charge in [-0.3, -0.25) is 14.7 Å². The first-order valence-electron chi connectivity index (χ1n) is 9.53. The van der Waals surface area contributed by atoms with E-state index in [0.29, 0.717) is 35.5 Å². The van der Waals surface area contributed by atoms with Gasteiger partial charge in [-0.15, -0.1) is 0 Å². The van der Waals surface area contributed by atoms with E-state index in [9.17, 15) is 9.59 Å². The van der Waals surface area contributed by atoms with Crippen LogP contribution < -0.4 is 10.9 Å². The summed E-state index contributed by atoms with van der Waals surface area (Å²) < 4.78 is 6.47. The third-order valence-electron chi connectivity index (χ3n) is 4.90. The van der Waals surface area contributed by atoms with Crippen LogP contribution in [0, 0.1) is 18.3 Å². The minimum absolute atomic E-state index is 0.0690. The van der Waals surface area contributed by atoms with Crippen LogP contribution in [0.1, 0.15) is 34.8 Å². The number of aryl methyl sites for hydroxylation is 1. The van der Waals surface area contributed by atoms with Crippen molar-refractivity contribution in [3.05, 3.63) is 69.8 Å². The number of nitriles is 1. The molecule has 2 heterocycles. The van der Waals surface area contributed by atoms with Crippen molar-refractivity contribution in [3.63, 3.8) is 0 Å². The van der Waals surface area contributed by atoms with Gasteiger partial charge in [-0.25, -0.2) is 9.67 Å². The maximum Gasteiger partial charge on any atom is 0.280 e. The first-order chi connectivity index (χ1) is 14.4. The van der Waals surface area contributed by atoms with Gasteiger partial charge in [0, 0.05) is 26.0 Å². The summed E-state index contributed by atoms with van der Waals surface area (Å²) in [5, 5.41) is 14.7. The molecule has 0 aliphatic carbocycles. The number of methoxy groups -OCH3 is 1. The number of H-pyrrole nitrogens is 1. The molecule has 3 aromatic rings. The zero-order valence-corrected chi connectivity index (χ0v) is 17.1. The van der Waals surface area contributed by atoms with Crippen LogP contribution in [0.4, 0.5) is 0 Å². The number of rotatable bonds is 7. The molecule has 2 aromatic heterocycles. The summed E-state index contributed by atoms with van der Waals surface area (Å²) in [5.41, 5.74) is 2.75. The average molecular weight is 405 g/mol. The highest BCUT2D eigenvalue weighted by atomic mass is 16.5. The molecule has 0 unspecified atom stereocenters. The van der Waals surface area contributed by atoms with E-state index in [0.717, 1.165) is 11.1 Å². The van der Waals surface area contributed by atoms with Crippen molar-refractivity contribution in [2.45, 2.75) is 26.4 Å². The number of nitrogens with zero attached hydrogens (tertiary/aromatic N) is 3. The zero-order chi connectivity index (χ0) is 21.7. The number of hydrogen-bond acceptors (Lipinski definition) is 5. The Morgan fingerprint density at radius 1 is 1.33 bits per heavy atom. The number of aromatic nitrogens is 3. The molecule has 0 saturated heterocycles. The Hall–Kier alpha value is -3.70. The number of benzene rings is 1. The zero-order valence-electron chi connectivity index (χ0n) is 17.1. The highest BCUT2D eigenvalue weighted by Gasteiger charge is 2.14. The van der Waals surface area contributed by atoms with E-state index in [4.69, 9.17) is 10.00 Å². The van der Waals surface area contributed by atoms with E-state index in [1.54, 1.807) is 43.6 Å². The molecule has 8 nitrogen and oxygen atoms in total. The fraction of sp³-hybridized carbons (Fsp3) is 0.273. The van der Waals surface area contributed by atoms with Crippen molar-refractivity contribution in [1.82, 2.24) is 20.1 Å². The quantitative estimate of drug-likeness (QED) is 0.627. The maximum atomic E-state index is 12.9. The molecule has 0 spiro atoms. The molecule has 0 aliphatic rings. The number of amides is 1. The highest BCUT2D eigenvalue weighted by Crippen LogP contribution is 2.21. The molecule has 154 valence electrons. The van der Waals surface area contributed by atoms with E-state index >= 15 is 0 Å². The molecular formula is C22H23N5O3. The molecule has 2 N–H and O–H groups in total. The maximum absolute atomic E-state index is 12.9. The summed E-state index contributed by atoms with van der Waals surface area (Å²) in [7, 11) is 1.63. The van der Waals surface area contributed by atoms with Crippen molar-refractivity contribution in [1.29, 1.82) is 5.26 Å². The second kappa shape index (κ2) is 9.20. The summed E-state index contributed by atoms with van der Waals surface area (Å²) in [6.45, 7) is 4.29. The molecule has 0 radical (unpaired) electrons. The second-order valence-electron chi connectivity index (χ2n) is 6.97. The summed E-state index contributed by atoms with van der Waals surface area (Å²) in [6.07, 6.45) is 3.82. The fourth-order valence-corrected chi connectivity index (χ4v) is 3.03. The van der Waals surface area contributed by atoms with Crippen LogP contribution >= 0.6 is 0 Å². The van der Waals surface area contributed by atoms with Crippen LogP contribution in [-0.2, 0) is 4.74 Å². The van der Waals surface area contributed by atoms with Crippen LogP contribution in [0.5, 0.6) is 0 Å². The molecule has 1 amide bonds. The predicted octanol–water partition coefficient (Wildman–Crippen LogP) is 2.56. The highest BCUT2D eigenvalue weighted by molar-refractivity contribution is 5.93. The first-order valence-corrected chi connectivity index (χ1v) is 9.53. The van der Waals surface area contributed by atoms with Crippen molar-refractivity contribution >= 4 is 5.91 Å². The molecule has 3 rings (SSSR count). The van der Waals surface area contributed by atoms with Gasteiger partial charge in [0.25, 0.3) is 11.5 Å². The van der Waals surface area contributed by atoms with Gasteiger partial charge in [-0.05, 0) is 55.7 Å². The monoisotopic (exact) mass is 405 g/mol. The Morgan fingerprint density at radius 2 is 2.13 bits per heavy atom. The topological polar surface area (TPSA) is 113 Å². The third-order valence-corrected chi connectivity index (χ3v) is 4.90. The lowest BCUT2D eigenvalue weighted by Gasteiger charge is -2.10. The lowest BCUT2D eigenvalue weighted by atomic mass is 10.0. The summed E-state index contributed by atoms with van der Waals surface area (Å²) in [6, 6.07) is 10.5. The smallest absolute Gasteiger partial charge is 0.280 e. The minimum atomic E-state index is -0.263. The molecular weight excluding hydrogens is 382 g/mol. The molecule has 0 bridgehead atoms. The summed E-state index contributed by atoms with van der Waals surface area (Å²) >= 11 is 0. The predicted molar refractivity (Wildman–Crippen MR) is 112 cm³/mol. The van der Waals surface area contributed by atoms with E-state index in [1.807, 2.05) is 13.8 Å². The van der Waals surface area contributed by atoms with Gasteiger partial charge in [-0.2, -0.15) is 5.26 Å². The number of aromatic amines is 1. The van der Waals surface area contributed by atoms with Crippen LogP contribution in [0.15, 0.2) is 47.5 Å². The van der Waals surface area contributed by atoms with Gasteiger partial charge < -0.3 is 10.1 Å². The SMILES string of the molecule is CO[C@H](C)CCNC(=O)c1ccc(-n2[nH]cc(-c3ccc(C#N)cc3C)c2=O)nc1. The number of carbonyl (C=O) groups excluding carboxylic acids is 1. The fourth-order valence-electron chi connectivity index (χ4n) is 3.03. The molecule has 1 aromatic carbocycles. The lowest BCUT2D eigenvalue weighted by molar-refractivity contribution is 0.0917. The number of pyridine rings is 1. The Labute approximate surface area is 174 Å². The van der Waals surface area contributed by atoms with Gasteiger partial charge in [0.2, 0.25) is 0 Å². The number of carbonyl (C=O) groups is 1. The molecule has 0 aliphatic heterocycles. The standard InChI is InChI=1S/C22H23N5O3/c1-14-10-16(11-23)4-6-18(14)19-13-26-27(22(19)29)20-7-5-17(12-25-20)21(28)24-9-8-15(2)30-3/h4-7,10,12-13,15,26H,8-9H2,1-3H3,(H,24,28)/t15-/m1/s1.